The van der Waals surface area contributed by atoms with Gasteiger partial charge < -0.3 is 5.11 Å². The number of fused-ring (bicyclic) bond motifs is 1. The fraction of sp³-hybridized carbons (Fsp3) is 0. The van der Waals surface area contributed by atoms with Crippen LogP contribution in [0.15, 0.2) is 90.2 Å². The Morgan fingerprint density at radius 2 is 1.50 bits per heavy atom. The van der Waals surface area contributed by atoms with E-state index in [-0.39, 0.29) is 5.75 Å². The Labute approximate surface area is 140 Å². The number of phenols is 1. The third-order valence-corrected chi connectivity index (χ3v) is 4.00. The molecule has 3 heteroatoms. The molecule has 116 valence electrons. The third-order valence-electron chi connectivity index (χ3n) is 4.00. The molecule has 1 heterocycles. The van der Waals surface area contributed by atoms with Crippen molar-refractivity contribution in [1.82, 2.24) is 4.68 Å². The van der Waals surface area contributed by atoms with E-state index in [0.717, 1.165) is 16.6 Å². The lowest BCUT2D eigenvalue weighted by Gasteiger charge is -1.97. The van der Waals surface area contributed by atoms with Crippen LogP contribution in [0.5, 0.6) is 5.75 Å². The molecule has 0 saturated carbocycles. The molecule has 0 fully saturated rings. The highest BCUT2D eigenvalue weighted by atomic mass is 16.3. The minimum atomic E-state index is 0.255. The predicted molar refractivity (Wildman–Crippen MR) is 98.5 cm³/mol. The lowest BCUT2D eigenvalue weighted by molar-refractivity contribution is 0.475. The molecule has 0 spiro atoms. The summed E-state index contributed by atoms with van der Waals surface area (Å²) >= 11 is 0. The molecule has 0 aliphatic carbocycles. The van der Waals surface area contributed by atoms with Gasteiger partial charge in [-0.05, 0) is 41.5 Å². The highest BCUT2D eigenvalue weighted by Crippen LogP contribution is 2.30. The Balaban J connectivity index is 1.80. The van der Waals surface area contributed by atoms with E-state index in [4.69, 9.17) is 0 Å². The summed E-state index contributed by atoms with van der Waals surface area (Å²) in [5.41, 5.74) is 4.33. The van der Waals surface area contributed by atoms with Gasteiger partial charge in [0.2, 0.25) is 0 Å². The zero-order valence-electron chi connectivity index (χ0n) is 13.0. The quantitative estimate of drug-likeness (QED) is 0.537. The Morgan fingerprint density at radius 1 is 0.792 bits per heavy atom. The summed E-state index contributed by atoms with van der Waals surface area (Å²) in [7, 11) is 0. The topological polar surface area (TPSA) is 37.5 Å². The summed E-state index contributed by atoms with van der Waals surface area (Å²) in [5.74, 6) is 0.255. The van der Waals surface area contributed by atoms with Gasteiger partial charge in [-0.1, -0.05) is 48.5 Å². The van der Waals surface area contributed by atoms with Gasteiger partial charge in [0.05, 0.1) is 11.7 Å². The molecule has 1 N–H and O–H groups in total. The van der Waals surface area contributed by atoms with Gasteiger partial charge >= 0.3 is 0 Å². The van der Waals surface area contributed by atoms with E-state index in [1.165, 1.54) is 10.9 Å². The predicted octanol–water partition coefficient (Wildman–Crippen LogP) is 4.90. The van der Waals surface area contributed by atoms with E-state index in [2.05, 4.69) is 35.6 Å². The molecule has 3 nitrogen and oxygen atoms in total. The van der Waals surface area contributed by atoms with Gasteiger partial charge in [0.1, 0.15) is 5.75 Å². The van der Waals surface area contributed by atoms with Crippen molar-refractivity contribution in [2.24, 2.45) is 5.10 Å². The standard InChI is InChI=1S/C21H16N2O/c24-18-12-10-16(11-13-18)14-22-23-15-20(17-6-2-1-3-7-17)19-8-4-5-9-21(19)23/h1-15,24H. The minimum absolute atomic E-state index is 0.255. The molecular weight excluding hydrogens is 296 g/mol. The maximum Gasteiger partial charge on any atom is 0.115 e. The third kappa shape index (κ3) is 2.68. The number of rotatable bonds is 3. The lowest BCUT2D eigenvalue weighted by atomic mass is 10.1. The number of benzene rings is 3. The number of hydrogen-bond donors (Lipinski definition) is 1. The SMILES string of the molecule is Oc1ccc(C=Nn2cc(-c3ccccc3)c3ccccc32)cc1. The molecule has 0 atom stereocenters. The molecule has 0 saturated heterocycles. The number of aromatic hydroxyl groups is 1. The second-order valence-electron chi connectivity index (χ2n) is 5.61. The van der Waals surface area contributed by atoms with Gasteiger partial charge in [0.25, 0.3) is 0 Å². The zero-order chi connectivity index (χ0) is 16.4. The Bertz CT molecular complexity index is 999. The highest BCUT2D eigenvalue weighted by molar-refractivity contribution is 5.96. The summed E-state index contributed by atoms with van der Waals surface area (Å²) < 4.78 is 1.89. The summed E-state index contributed by atoms with van der Waals surface area (Å²) in [6.45, 7) is 0. The average molecular weight is 312 g/mol. The molecule has 0 unspecified atom stereocenters. The Kier molecular flexibility index (Phi) is 3.60. The van der Waals surface area contributed by atoms with E-state index >= 15 is 0 Å². The van der Waals surface area contributed by atoms with Crippen molar-refractivity contribution < 1.29 is 5.11 Å². The van der Waals surface area contributed by atoms with Crippen LogP contribution in [0, 0.1) is 0 Å². The van der Waals surface area contributed by atoms with Crippen molar-refractivity contribution in [1.29, 1.82) is 0 Å². The van der Waals surface area contributed by atoms with Gasteiger partial charge in [-0.25, -0.2) is 4.68 Å². The molecule has 0 radical (unpaired) electrons. The van der Waals surface area contributed by atoms with Crippen LogP contribution in [-0.4, -0.2) is 16.0 Å². The van der Waals surface area contributed by atoms with E-state index in [1.807, 2.05) is 47.1 Å². The van der Waals surface area contributed by atoms with Crippen LogP contribution in [-0.2, 0) is 0 Å². The van der Waals surface area contributed by atoms with Crippen molar-refractivity contribution in [3.63, 3.8) is 0 Å². The number of nitrogens with zero attached hydrogens (tertiary/aromatic N) is 2. The van der Waals surface area contributed by atoms with E-state index < -0.39 is 0 Å². The molecule has 24 heavy (non-hydrogen) atoms. The van der Waals surface area contributed by atoms with Crippen LogP contribution >= 0.6 is 0 Å². The average Bonchev–Trinajstić information content (AvgIpc) is 3.01. The fourth-order valence-electron chi connectivity index (χ4n) is 2.80. The van der Waals surface area contributed by atoms with E-state index in [0.29, 0.717) is 0 Å². The molecule has 0 aliphatic heterocycles. The van der Waals surface area contributed by atoms with Crippen molar-refractivity contribution in [3.05, 3.63) is 90.6 Å². The summed E-state index contributed by atoms with van der Waals surface area (Å²) in [5, 5.41) is 15.1. The first kappa shape index (κ1) is 14.3. The Hall–Kier alpha value is -3.33. The van der Waals surface area contributed by atoms with Crippen LogP contribution in [0.4, 0.5) is 0 Å². The first-order valence-electron chi connectivity index (χ1n) is 7.80. The number of aromatic nitrogens is 1. The normalized spacial score (nSPS) is 11.3. The van der Waals surface area contributed by atoms with Crippen LogP contribution in [0.2, 0.25) is 0 Å². The molecule has 0 bridgehead atoms. The van der Waals surface area contributed by atoms with Crippen LogP contribution in [0.1, 0.15) is 5.56 Å². The van der Waals surface area contributed by atoms with Crippen LogP contribution in [0.3, 0.4) is 0 Å². The number of para-hydroxylation sites is 1. The minimum Gasteiger partial charge on any atom is -0.508 e. The fourth-order valence-corrected chi connectivity index (χ4v) is 2.80. The van der Waals surface area contributed by atoms with Crippen molar-refractivity contribution in [2.45, 2.75) is 0 Å². The monoisotopic (exact) mass is 312 g/mol. The largest absolute Gasteiger partial charge is 0.508 e. The van der Waals surface area contributed by atoms with Gasteiger partial charge in [-0.2, -0.15) is 5.10 Å². The summed E-state index contributed by atoms with van der Waals surface area (Å²) in [6.07, 6.45) is 3.84. The molecule has 1 aromatic heterocycles. The Morgan fingerprint density at radius 3 is 2.29 bits per heavy atom. The summed E-state index contributed by atoms with van der Waals surface area (Å²) in [6, 6.07) is 25.5. The number of phenolic OH excluding ortho intramolecular Hbond substituents is 1. The smallest absolute Gasteiger partial charge is 0.115 e. The van der Waals surface area contributed by atoms with E-state index in [1.54, 1.807) is 18.3 Å². The molecular formula is C21H16N2O. The first-order chi connectivity index (χ1) is 11.8. The second-order valence-corrected chi connectivity index (χ2v) is 5.61. The van der Waals surface area contributed by atoms with Crippen molar-refractivity contribution in [3.8, 4) is 16.9 Å². The van der Waals surface area contributed by atoms with Crippen LogP contribution in [0.25, 0.3) is 22.0 Å². The molecule has 0 amide bonds. The lowest BCUT2D eigenvalue weighted by Crippen LogP contribution is -1.88. The van der Waals surface area contributed by atoms with Gasteiger partial charge in [-0.3, -0.25) is 0 Å². The molecule has 3 aromatic carbocycles. The first-order valence-corrected chi connectivity index (χ1v) is 7.80. The van der Waals surface area contributed by atoms with Crippen molar-refractivity contribution >= 4 is 17.1 Å². The molecule has 4 rings (SSSR count). The zero-order valence-corrected chi connectivity index (χ0v) is 13.0. The van der Waals surface area contributed by atoms with E-state index in [9.17, 15) is 5.11 Å². The van der Waals surface area contributed by atoms with Crippen LogP contribution < -0.4 is 0 Å². The highest BCUT2D eigenvalue weighted by Gasteiger charge is 2.08. The molecule has 0 aliphatic rings. The maximum absolute atomic E-state index is 9.36. The number of hydrogen-bond acceptors (Lipinski definition) is 2. The maximum atomic E-state index is 9.36. The second kappa shape index (κ2) is 6.05. The van der Waals surface area contributed by atoms with Gasteiger partial charge in [-0.15, -0.1) is 0 Å². The van der Waals surface area contributed by atoms with Gasteiger partial charge in [0, 0.05) is 17.1 Å². The summed E-state index contributed by atoms with van der Waals surface area (Å²) in [4.78, 5) is 0. The molecule has 4 aromatic rings. The van der Waals surface area contributed by atoms with Crippen molar-refractivity contribution in [2.75, 3.05) is 0 Å². The van der Waals surface area contributed by atoms with Gasteiger partial charge in [0.15, 0.2) is 0 Å².